The third kappa shape index (κ3) is 1.78. The number of fused-ring (bicyclic) bond motifs is 1. The molecule has 0 aromatic carbocycles. The maximum atomic E-state index is 9.26. The molecule has 6 nitrogen and oxygen atoms in total. The number of hydrazine groups is 1. The standard InChI is InChI=1S/C12H18N4O2/c13-12-2-1-5-15(12)16(7-8-17)14-6-3-11-10(14)4-9-18-11/h3-4,6,9,12,17H,1-2,5,7-8,13H2. The fourth-order valence-electron chi connectivity index (χ4n) is 2.56. The molecular weight excluding hydrogens is 232 g/mol. The summed E-state index contributed by atoms with van der Waals surface area (Å²) in [5.41, 5.74) is 7.93. The van der Waals surface area contributed by atoms with Gasteiger partial charge in [-0.1, -0.05) is 0 Å². The van der Waals surface area contributed by atoms with Crippen molar-refractivity contribution in [3.8, 4) is 0 Å². The van der Waals surface area contributed by atoms with Crippen LogP contribution < -0.4 is 10.9 Å². The van der Waals surface area contributed by atoms with Gasteiger partial charge in [0.05, 0.1) is 25.6 Å². The summed E-state index contributed by atoms with van der Waals surface area (Å²) in [5.74, 6) is 0. The topological polar surface area (TPSA) is 70.8 Å². The van der Waals surface area contributed by atoms with Crippen LogP contribution in [0.1, 0.15) is 12.8 Å². The highest BCUT2D eigenvalue weighted by molar-refractivity contribution is 5.74. The molecule has 1 aliphatic heterocycles. The van der Waals surface area contributed by atoms with E-state index in [4.69, 9.17) is 10.2 Å². The molecule has 2 aromatic heterocycles. The quantitative estimate of drug-likeness (QED) is 0.825. The van der Waals surface area contributed by atoms with Gasteiger partial charge in [-0.2, -0.15) is 5.01 Å². The van der Waals surface area contributed by atoms with Gasteiger partial charge in [0.25, 0.3) is 0 Å². The van der Waals surface area contributed by atoms with Crippen LogP contribution in [-0.2, 0) is 0 Å². The third-order valence-corrected chi connectivity index (χ3v) is 3.40. The summed E-state index contributed by atoms with van der Waals surface area (Å²) in [6.07, 6.45) is 5.69. The van der Waals surface area contributed by atoms with Gasteiger partial charge in [-0.25, -0.2) is 9.79 Å². The summed E-state index contributed by atoms with van der Waals surface area (Å²) < 4.78 is 7.34. The Balaban J connectivity index is 1.96. The number of nitrogens with zero attached hydrogens (tertiary/aromatic N) is 3. The Bertz CT molecular complexity index is 521. The van der Waals surface area contributed by atoms with Crippen molar-refractivity contribution in [3.05, 3.63) is 24.6 Å². The predicted octanol–water partition coefficient (Wildman–Crippen LogP) is 0.460. The van der Waals surface area contributed by atoms with Crippen molar-refractivity contribution in [2.75, 3.05) is 24.8 Å². The van der Waals surface area contributed by atoms with Gasteiger partial charge < -0.3 is 15.3 Å². The first-order valence-corrected chi connectivity index (χ1v) is 6.26. The Morgan fingerprint density at radius 3 is 3.11 bits per heavy atom. The Morgan fingerprint density at radius 1 is 1.50 bits per heavy atom. The monoisotopic (exact) mass is 250 g/mol. The van der Waals surface area contributed by atoms with Crippen LogP contribution in [0, 0.1) is 0 Å². The molecule has 1 atom stereocenters. The van der Waals surface area contributed by atoms with Gasteiger partial charge in [0.1, 0.15) is 5.52 Å². The summed E-state index contributed by atoms with van der Waals surface area (Å²) in [7, 11) is 0. The molecule has 1 fully saturated rings. The fourth-order valence-corrected chi connectivity index (χ4v) is 2.56. The van der Waals surface area contributed by atoms with E-state index in [0.717, 1.165) is 30.5 Å². The highest BCUT2D eigenvalue weighted by Gasteiger charge is 2.27. The molecular formula is C12H18N4O2. The van der Waals surface area contributed by atoms with Crippen molar-refractivity contribution < 1.29 is 9.52 Å². The molecule has 0 radical (unpaired) electrons. The van der Waals surface area contributed by atoms with Gasteiger partial charge in [-0.05, 0) is 12.8 Å². The van der Waals surface area contributed by atoms with Gasteiger partial charge in [0, 0.05) is 24.9 Å². The molecule has 1 aliphatic rings. The molecule has 0 bridgehead atoms. The minimum absolute atomic E-state index is 0.0147. The lowest BCUT2D eigenvalue weighted by Crippen LogP contribution is -2.55. The van der Waals surface area contributed by atoms with Crippen LogP contribution in [-0.4, -0.2) is 40.7 Å². The first kappa shape index (κ1) is 11.6. The minimum atomic E-state index is 0.0147. The number of hydrogen-bond donors (Lipinski definition) is 2. The first-order chi connectivity index (χ1) is 8.81. The van der Waals surface area contributed by atoms with Crippen LogP contribution in [0.2, 0.25) is 0 Å². The molecule has 0 spiro atoms. The second-order valence-corrected chi connectivity index (χ2v) is 4.52. The molecule has 1 saturated heterocycles. The van der Waals surface area contributed by atoms with Crippen molar-refractivity contribution in [3.63, 3.8) is 0 Å². The predicted molar refractivity (Wildman–Crippen MR) is 68.3 cm³/mol. The highest BCUT2D eigenvalue weighted by Crippen LogP contribution is 2.21. The van der Waals surface area contributed by atoms with E-state index in [2.05, 4.69) is 5.01 Å². The molecule has 0 aliphatic carbocycles. The van der Waals surface area contributed by atoms with Gasteiger partial charge in [0.2, 0.25) is 0 Å². The molecule has 0 amide bonds. The van der Waals surface area contributed by atoms with E-state index in [1.807, 2.05) is 28.1 Å². The summed E-state index contributed by atoms with van der Waals surface area (Å²) in [5, 5.41) is 13.4. The van der Waals surface area contributed by atoms with Crippen LogP contribution in [0.4, 0.5) is 0 Å². The normalized spacial score (nSPS) is 20.9. The van der Waals surface area contributed by atoms with Crippen molar-refractivity contribution in [2.24, 2.45) is 5.73 Å². The molecule has 6 heteroatoms. The van der Waals surface area contributed by atoms with Crippen molar-refractivity contribution in [1.29, 1.82) is 0 Å². The summed E-state index contributed by atoms with van der Waals surface area (Å²) >= 11 is 0. The summed E-state index contributed by atoms with van der Waals surface area (Å²) in [6.45, 7) is 1.52. The maximum absolute atomic E-state index is 9.26. The number of rotatable bonds is 4. The molecule has 1 unspecified atom stereocenters. The second-order valence-electron chi connectivity index (χ2n) is 4.52. The molecule has 2 aromatic rings. The Labute approximate surface area is 105 Å². The van der Waals surface area contributed by atoms with Crippen molar-refractivity contribution >= 4 is 11.1 Å². The number of aliphatic hydroxyl groups excluding tert-OH is 1. The van der Waals surface area contributed by atoms with E-state index in [-0.39, 0.29) is 12.8 Å². The zero-order valence-electron chi connectivity index (χ0n) is 10.2. The molecule has 18 heavy (non-hydrogen) atoms. The smallest absolute Gasteiger partial charge is 0.153 e. The average molecular weight is 250 g/mol. The van der Waals surface area contributed by atoms with Gasteiger partial charge in [-0.15, -0.1) is 0 Å². The van der Waals surface area contributed by atoms with Crippen LogP contribution >= 0.6 is 0 Å². The van der Waals surface area contributed by atoms with Gasteiger partial charge in [-0.3, -0.25) is 0 Å². The van der Waals surface area contributed by atoms with E-state index in [9.17, 15) is 5.11 Å². The second kappa shape index (κ2) is 4.64. The van der Waals surface area contributed by atoms with Crippen LogP contribution in [0.25, 0.3) is 11.1 Å². The minimum Gasteiger partial charge on any atom is -0.463 e. The summed E-state index contributed by atoms with van der Waals surface area (Å²) in [6, 6.07) is 3.84. The summed E-state index contributed by atoms with van der Waals surface area (Å²) in [4.78, 5) is 0. The van der Waals surface area contributed by atoms with E-state index in [1.54, 1.807) is 6.26 Å². The Hall–Kier alpha value is -1.50. The van der Waals surface area contributed by atoms with E-state index >= 15 is 0 Å². The molecule has 3 N–H and O–H groups in total. The van der Waals surface area contributed by atoms with E-state index < -0.39 is 0 Å². The van der Waals surface area contributed by atoms with Gasteiger partial charge in [0.15, 0.2) is 5.58 Å². The Morgan fingerprint density at radius 2 is 2.39 bits per heavy atom. The first-order valence-electron chi connectivity index (χ1n) is 6.26. The lowest BCUT2D eigenvalue weighted by molar-refractivity contribution is 0.159. The number of aliphatic hydroxyl groups is 1. The lowest BCUT2D eigenvalue weighted by atomic mass is 10.3. The number of nitrogens with two attached hydrogens (primary N) is 1. The lowest BCUT2D eigenvalue weighted by Gasteiger charge is -2.36. The number of furan rings is 1. The largest absolute Gasteiger partial charge is 0.463 e. The zero-order chi connectivity index (χ0) is 12.5. The van der Waals surface area contributed by atoms with Gasteiger partial charge >= 0.3 is 0 Å². The molecule has 3 heterocycles. The molecule has 3 rings (SSSR count). The third-order valence-electron chi connectivity index (χ3n) is 3.40. The number of aromatic nitrogens is 1. The molecule has 0 saturated carbocycles. The van der Waals surface area contributed by atoms with Crippen molar-refractivity contribution in [2.45, 2.75) is 19.0 Å². The van der Waals surface area contributed by atoms with Crippen molar-refractivity contribution in [1.82, 2.24) is 9.69 Å². The Kier molecular flexibility index (Phi) is 2.99. The SMILES string of the molecule is NC1CCCN1N(CCO)n1ccc2occc21. The molecule has 98 valence electrons. The fraction of sp³-hybridized carbons (Fsp3) is 0.500. The highest BCUT2D eigenvalue weighted by atomic mass is 16.3. The van der Waals surface area contributed by atoms with Crippen LogP contribution in [0.3, 0.4) is 0 Å². The van der Waals surface area contributed by atoms with E-state index in [0.29, 0.717) is 6.54 Å². The van der Waals surface area contributed by atoms with Crippen LogP contribution in [0.5, 0.6) is 0 Å². The zero-order valence-corrected chi connectivity index (χ0v) is 10.2. The maximum Gasteiger partial charge on any atom is 0.153 e. The van der Waals surface area contributed by atoms with Crippen LogP contribution in [0.15, 0.2) is 29.0 Å². The van der Waals surface area contributed by atoms with E-state index in [1.165, 1.54) is 0 Å². The average Bonchev–Trinajstić information content (AvgIpc) is 3.02. The number of hydrogen-bond acceptors (Lipinski definition) is 5.